The lowest BCUT2D eigenvalue weighted by Gasteiger charge is -2.31. The maximum Gasteiger partial charge on any atom is 0.193 e. The van der Waals surface area contributed by atoms with E-state index >= 15 is 0 Å². The molecule has 5 nitrogen and oxygen atoms in total. The normalized spacial score (nSPS) is 13.5. The summed E-state index contributed by atoms with van der Waals surface area (Å²) in [7, 11) is 0. The van der Waals surface area contributed by atoms with Crippen LogP contribution in [0.25, 0.3) is 0 Å². The van der Waals surface area contributed by atoms with Crippen molar-refractivity contribution in [2.75, 3.05) is 0 Å². The summed E-state index contributed by atoms with van der Waals surface area (Å²) in [6.07, 6.45) is 0. The van der Waals surface area contributed by atoms with Gasteiger partial charge in [-0.15, -0.1) is 0 Å². The summed E-state index contributed by atoms with van der Waals surface area (Å²) in [5.74, 6) is -0.353. The minimum absolute atomic E-state index is 0.207. The molecular formula is C25H34O5. The van der Waals surface area contributed by atoms with Gasteiger partial charge in [0.1, 0.15) is 0 Å². The van der Waals surface area contributed by atoms with Crippen LogP contribution in [0.4, 0.5) is 0 Å². The van der Waals surface area contributed by atoms with Crippen molar-refractivity contribution in [3.63, 3.8) is 0 Å². The molecule has 164 valence electrons. The van der Waals surface area contributed by atoms with Crippen LogP contribution < -0.4 is 0 Å². The molecule has 30 heavy (non-hydrogen) atoms. The van der Waals surface area contributed by atoms with Crippen LogP contribution in [0.1, 0.15) is 93.6 Å². The van der Waals surface area contributed by atoms with E-state index in [1.54, 1.807) is 91.8 Å². The topological polar surface area (TPSA) is 98.0 Å². The van der Waals surface area contributed by atoms with E-state index in [0.717, 1.165) is 0 Å². The minimum atomic E-state index is -1.39. The van der Waals surface area contributed by atoms with Crippen molar-refractivity contribution in [1.82, 2.24) is 0 Å². The molecule has 0 atom stereocenters. The maximum absolute atomic E-state index is 13.6. The van der Waals surface area contributed by atoms with E-state index in [2.05, 4.69) is 0 Å². The Morgan fingerprint density at radius 2 is 0.967 bits per heavy atom. The zero-order valence-corrected chi connectivity index (χ0v) is 19.2. The number of aliphatic hydroxyl groups is 4. The molecule has 0 saturated heterocycles. The number of benzene rings is 2. The molecule has 0 aliphatic rings. The zero-order valence-electron chi connectivity index (χ0n) is 19.2. The van der Waals surface area contributed by atoms with Gasteiger partial charge in [-0.25, -0.2) is 0 Å². The van der Waals surface area contributed by atoms with Gasteiger partial charge in [0.2, 0.25) is 0 Å². The molecule has 0 fully saturated rings. The third-order valence-corrected chi connectivity index (χ3v) is 5.24. The summed E-state index contributed by atoms with van der Waals surface area (Å²) < 4.78 is 0. The molecule has 2 rings (SSSR count). The number of hydrogen-bond donors (Lipinski definition) is 4. The molecule has 0 heterocycles. The number of hydrogen-bond acceptors (Lipinski definition) is 5. The van der Waals surface area contributed by atoms with E-state index < -0.39 is 22.4 Å². The maximum atomic E-state index is 13.6. The van der Waals surface area contributed by atoms with Crippen LogP contribution in [-0.2, 0) is 22.4 Å². The second-order valence-corrected chi connectivity index (χ2v) is 10.1. The van der Waals surface area contributed by atoms with E-state index in [0.29, 0.717) is 27.8 Å². The van der Waals surface area contributed by atoms with E-state index in [9.17, 15) is 25.2 Å². The average molecular weight is 415 g/mol. The summed E-state index contributed by atoms with van der Waals surface area (Å²) in [6, 6.07) is 9.86. The van der Waals surface area contributed by atoms with Crippen LogP contribution in [0.5, 0.6) is 0 Å². The molecule has 0 saturated carbocycles. The molecule has 5 heteroatoms. The Labute approximate surface area is 179 Å². The largest absolute Gasteiger partial charge is 0.386 e. The standard InChI is InChI=1S/C25H34O5/c1-22(2,27)16-11-9-15(10-12-16)21(26)20-18(24(5,6)29)13-17(23(3,4)28)14-19(20)25(7,8)30/h9-14,27-30H,1-8H3. The van der Waals surface area contributed by atoms with Crippen LogP contribution in [0.2, 0.25) is 0 Å². The first-order valence-corrected chi connectivity index (χ1v) is 10.1. The summed E-state index contributed by atoms with van der Waals surface area (Å²) in [5, 5.41) is 42.4. The number of carbonyl (C=O) groups is 1. The predicted molar refractivity (Wildman–Crippen MR) is 117 cm³/mol. The molecule has 0 spiro atoms. The first-order chi connectivity index (χ1) is 13.3. The van der Waals surface area contributed by atoms with Gasteiger partial charge in [0.15, 0.2) is 5.78 Å². The Hall–Kier alpha value is -2.05. The molecule has 2 aromatic carbocycles. The van der Waals surface area contributed by atoms with Gasteiger partial charge in [0.25, 0.3) is 0 Å². The minimum Gasteiger partial charge on any atom is -0.386 e. The highest BCUT2D eigenvalue weighted by Gasteiger charge is 2.34. The van der Waals surface area contributed by atoms with Crippen molar-refractivity contribution in [2.24, 2.45) is 0 Å². The van der Waals surface area contributed by atoms with Crippen LogP contribution in [0.3, 0.4) is 0 Å². The van der Waals surface area contributed by atoms with E-state index in [1.807, 2.05) is 0 Å². The Bertz CT molecular complexity index is 893. The van der Waals surface area contributed by atoms with Crippen LogP contribution in [0.15, 0.2) is 36.4 Å². The van der Waals surface area contributed by atoms with Gasteiger partial charge in [-0.05, 0) is 89.8 Å². The second kappa shape index (κ2) is 7.57. The fourth-order valence-electron chi connectivity index (χ4n) is 3.38. The Morgan fingerprint density at radius 1 is 0.600 bits per heavy atom. The Morgan fingerprint density at radius 3 is 1.27 bits per heavy atom. The van der Waals surface area contributed by atoms with Gasteiger partial charge in [-0.3, -0.25) is 4.79 Å². The lowest BCUT2D eigenvalue weighted by molar-refractivity contribution is 0.0622. The Kier molecular flexibility index (Phi) is 6.12. The van der Waals surface area contributed by atoms with Crippen molar-refractivity contribution in [3.8, 4) is 0 Å². The quantitative estimate of drug-likeness (QED) is 0.539. The molecule has 0 aliphatic carbocycles. The van der Waals surface area contributed by atoms with Gasteiger partial charge < -0.3 is 20.4 Å². The molecule has 0 radical (unpaired) electrons. The average Bonchev–Trinajstić information content (AvgIpc) is 2.57. The first kappa shape index (κ1) is 24.2. The molecular weight excluding hydrogens is 380 g/mol. The highest BCUT2D eigenvalue weighted by molar-refractivity contribution is 6.11. The molecule has 0 amide bonds. The zero-order chi connectivity index (χ0) is 23.3. The molecule has 4 N–H and O–H groups in total. The summed E-state index contributed by atoms with van der Waals surface area (Å²) in [6.45, 7) is 12.8. The fraction of sp³-hybridized carbons (Fsp3) is 0.480. The fourth-order valence-corrected chi connectivity index (χ4v) is 3.38. The predicted octanol–water partition coefficient (Wildman–Crippen LogP) is 3.83. The van der Waals surface area contributed by atoms with E-state index in [1.165, 1.54) is 0 Å². The molecule has 0 unspecified atom stereocenters. The van der Waals surface area contributed by atoms with Gasteiger partial charge >= 0.3 is 0 Å². The SMILES string of the molecule is CC(C)(O)c1ccc(C(=O)c2c(C(C)(C)O)cc(C(C)(C)O)cc2C(C)(C)O)cc1. The van der Waals surface area contributed by atoms with Crippen molar-refractivity contribution >= 4 is 5.78 Å². The van der Waals surface area contributed by atoms with Crippen molar-refractivity contribution in [1.29, 1.82) is 0 Å². The van der Waals surface area contributed by atoms with E-state index in [4.69, 9.17) is 0 Å². The first-order valence-electron chi connectivity index (χ1n) is 10.1. The Balaban J connectivity index is 2.81. The van der Waals surface area contributed by atoms with Crippen molar-refractivity contribution in [2.45, 2.75) is 77.8 Å². The molecule has 2 aromatic rings. The highest BCUT2D eigenvalue weighted by Crippen LogP contribution is 2.37. The van der Waals surface area contributed by atoms with Crippen LogP contribution in [0, 0.1) is 0 Å². The number of carbonyl (C=O) groups excluding carboxylic acids is 1. The van der Waals surface area contributed by atoms with E-state index in [-0.39, 0.29) is 11.3 Å². The highest BCUT2D eigenvalue weighted by atomic mass is 16.3. The molecule has 0 bridgehead atoms. The lowest BCUT2D eigenvalue weighted by Crippen LogP contribution is -2.29. The number of ketones is 1. The molecule has 0 aromatic heterocycles. The molecule has 0 aliphatic heterocycles. The second-order valence-electron chi connectivity index (χ2n) is 10.1. The van der Waals surface area contributed by atoms with Gasteiger partial charge in [0, 0.05) is 11.1 Å². The third kappa shape index (κ3) is 5.16. The lowest BCUT2D eigenvalue weighted by atomic mass is 9.78. The summed E-state index contributed by atoms with van der Waals surface area (Å²) >= 11 is 0. The van der Waals surface area contributed by atoms with Crippen LogP contribution in [-0.4, -0.2) is 26.2 Å². The van der Waals surface area contributed by atoms with Gasteiger partial charge in [0.05, 0.1) is 22.4 Å². The summed E-state index contributed by atoms with van der Waals surface area (Å²) in [5.41, 5.74) is -2.64. The summed E-state index contributed by atoms with van der Waals surface area (Å²) in [4.78, 5) is 13.6. The smallest absolute Gasteiger partial charge is 0.193 e. The third-order valence-electron chi connectivity index (χ3n) is 5.24. The van der Waals surface area contributed by atoms with Crippen molar-refractivity contribution < 1.29 is 25.2 Å². The van der Waals surface area contributed by atoms with Gasteiger partial charge in [-0.2, -0.15) is 0 Å². The monoisotopic (exact) mass is 414 g/mol. The number of rotatable bonds is 6. The van der Waals surface area contributed by atoms with Crippen molar-refractivity contribution in [3.05, 3.63) is 69.8 Å². The van der Waals surface area contributed by atoms with Gasteiger partial charge in [-0.1, -0.05) is 24.3 Å². The van der Waals surface area contributed by atoms with Crippen LogP contribution >= 0.6 is 0 Å².